The van der Waals surface area contributed by atoms with Crippen molar-refractivity contribution in [2.75, 3.05) is 0 Å². The van der Waals surface area contributed by atoms with Gasteiger partial charge in [0.05, 0.1) is 5.69 Å². The molecule has 1 aromatic heterocycles. The molecule has 0 aliphatic heterocycles. The monoisotopic (exact) mass is 351 g/mol. The number of ketones is 1. The van der Waals surface area contributed by atoms with Gasteiger partial charge in [-0.25, -0.2) is 4.39 Å². The third-order valence-corrected chi connectivity index (χ3v) is 3.68. The SMILES string of the molecule is O=C(CCc1ccc(OC(F)(F)F)cc1)c1cc2cc(F)ccc2[nH]1. The van der Waals surface area contributed by atoms with Gasteiger partial charge in [0.15, 0.2) is 5.78 Å². The lowest BCUT2D eigenvalue weighted by Crippen LogP contribution is -2.17. The maximum atomic E-state index is 13.2. The highest BCUT2D eigenvalue weighted by Gasteiger charge is 2.30. The largest absolute Gasteiger partial charge is 0.573 e. The number of hydrogen-bond donors (Lipinski definition) is 1. The molecule has 2 aromatic carbocycles. The van der Waals surface area contributed by atoms with Crippen LogP contribution >= 0.6 is 0 Å². The van der Waals surface area contributed by atoms with Crippen molar-refractivity contribution in [1.82, 2.24) is 4.98 Å². The average molecular weight is 351 g/mol. The topological polar surface area (TPSA) is 42.1 Å². The highest BCUT2D eigenvalue weighted by molar-refractivity contribution is 5.99. The number of aromatic amines is 1. The first-order valence-electron chi connectivity index (χ1n) is 7.46. The van der Waals surface area contributed by atoms with Crippen molar-refractivity contribution >= 4 is 16.7 Å². The number of aryl methyl sites for hydroxylation is 1. The average Bonchev–Trinajstić information content (AvgIpc) is 2.95. The van der Waals surface area contributed by atoms with E-state index >= 15 is 0 Å². The van der Waals surface area contributed by atoms with Crippen LogP contribution in [0.15, 0.2) is 48.5 Å². The fourth-order valence-electron chi connectivity index (χ4n) is 2.50. The molecule has 0 aliphatic carbocycles. The molecule has 130 valence electrons. The molecule has 25 heavy (non-hydrogen) atoms. The predicted octanol–water partition coefficient (Wildman–Crippen LogP) is 5.02. The van der Waals surface area contributed by atoms with Crippen LogP contribution in [0.2, 0.25) is 0 Å². The second kappa shape index (κ2) is 6.58. The smallest absolute Gasteiger partial charge is 0.406 e. The summed E-state index contributed by atoms with van der Waals surface area (Å²) in [4.78, 5) is 15.2. The number of benzene rings is 2. The number of nitrogens with one attached hydrogen (secondary N) is 1. The summed E-state index contributed by atoms with van der Waals surface area (Å²) >= 11 is 0. The van der Waals surface area contributed by atoms with Gasteiger partial charge in [-0.05, 0) is 48.4 Å². The number of carbonyl (C=O) groups is 1. The number of rotatable bonds is 5. The number of fused-ring (bicyclic) bond motifs is 1. The van der Waals surface area contributed by atoms with Crippen molar-refractivity contribution in [2.45, 2.75) is 19.2 Å². The molecule has 0 fully saturated rings. The van der Waals surface area contributed by atoms with Crippen LogP contribution < -0.4 is 4.74 Å². The molecule has 3 nitrogen and oxygen atoms in total. The lowest BCUT2D eigenvalue weighted by Gasteiger charge is -2.09. The normalized spacial score (nSPS) is 11.7. The maximum absolute atomic E-state index is 13.2. The molecule has 3 rings (SSSR count). The third kappa shape index (κ3) is 4.37. The van der Waals surface area contributed by atoms with E-state index < -0.39 is 6.36 Å². The maximum Gasteiger partial charge on any atom is 0.573 e. The highest BCUT2D eigenvalue weighted by atomic mass is 19.4. The van der Waals surface area contributed by atoms with E-state index in [1.807, 2.05) is 0 Å². The van der Waals surface area contributed by atoms with Gasteiger partial charge in [0.25, 0.3) is 0 Å². The van der Waals surface area contributed by atoms with Crippen molar-refractivity contribution in [3.8, 4) is 5.75 Å². The van der Waals surface area contributed by atoms with E-state index in [2.05, 4.69) is 9.72 Å². The molecule has 0 bridgehead atoms. The van der Waals surface area contributed by atoms with Crippen molar-refractivity contribution in [1.29, 1.82) is 0 Å². The van der Waals surface area contributed by atoms with Crippen LogP contribution in [0.1, 0.15) is 22.5 Å². The van der Waals surface area contributed by atoms with Crippen molar-refractivity contribution < 1.29 is 27.1 Å². The molecule has 0 spiro atoms. The number of H-pyrrole nitrogens is 1. The molecular formula is C18H13F4NO2. The number of alkyl halides is 3. The number of hydrogen-bond acceptors (Lipinski definition) is 2. The van der Waals surface area contributed by atoms with Gasteiger partial charge in [-0.1, -0.05) is 12.1 Å². The first-order valence-corrected chi connectivity index (χ1v) is 7.46. The summed E-state index contributed by atoms with van der Waals surface area (Å²) in [7, 11) is 0. The van der Waals surface area contributed by atoms with Crippen LogP contribution in [0.5, 0.6) is 5.75 Å². The number of halogens is 4. The summed E-state index contributed by atoms with van der Waals surface area (Å²) in [5.41, 5.74) is 1.75. The number of ether oxygens (including phenoxy) is 1. The molecule has 3 aromatic rings. The van der Waals surface area contributed by atoms with Gasteiger partial charge in [0.1, 0.15) is 11.6 Å². The summed E-state index contributed by atoms with van der Waals surface area (Å²) in [6.45, 7) is 0. The molecule has 1 N–H and O–H groups in total. The fraction of sp³-hybridized carbons (Fsp3) is 0.167. The van der Waals surface area contributed by atoms with Gasteiger partial charge in [0.2, 0.25) is 0 Å². The molecule has 7 heteroatoms. The van der Waals surface area contributed by atoms with Gasteiger partial charge < -0.3 is 9.72 Å². The van der Waals surface area contributed by atoms with Gasteiger partial charge in [-0.2, -0.15) is 0 Å². The minimum absolute atomic E-state index is 0.160. The standard InChI is InChI=1S/C18H13F4NO2/c19-13-4-7-15-12(9-13)10-16(23-15)17(24)8-3-11-1-5-14(6-2-11)25-18(20,21)22/h1-2,4-7,9-10,23H,3,8H2. The first-order chi connectivity index (χ1) is 11.8. The summed E-state index contributed by atoms with van der Waals surface area (Å²) in [6, 6.07) is 11.2. The van der Waals surface area contributed by atoms with Crippen molar-refractivity contribution in [3.05, 3.63) is 65.6 Å². The number of aromatic nitrogens is 1. The highest BCUT2D eigenvalue weighted by Crippen LogP contribution is 2.23. The van der Waals surface area contributed by atoms with Gasteiger partial charge in [-0.3, -0.25) is 4.79 Å². The molecule has 0 radical (unpaired) electrons. The third-order valence-electron chi connectivity index (χ3n) is 3.68. The van der Waals surface area contributed by atoms with Crippen LogP contribution in [0.25, 0.3) is 10.9 Å². The van der Waals surface area contributed by atoms with Crippen LogP contribution in [0.3, 0.4) is 0 Å². The molecule has 1 heterocycles. The van der Waals surface area contributed by atoms with E-state index in [0.717, 1.165) is 0 Å². The molecule has 0 unspecified atom stereocenters. The second-order valence-electron chi connectivity index (χ2n) is 5.53. The van der Waals surface area contributed by atoms with Crippen molar-refractivity contribution in [2.24, 2.45) is 0 Å². The van der Waals surface area contributed by atoms with Gasteiger partial charge in [-0.15, -0.1) is 13.2 Å². The Morgan fingerprint density at radius 1 is 1.04 bits per heavy atom. The second-order valence-corrected chi connectivity index (χ2v) is 5.53. The molecular weight excluding hydrogens is 338 g/mol. The van der Waals surface area contributed by atoms with Crippen LogP contribution in [0, 0.1) is 5.82 Å². The Morgan fingerprint density at radius 3 is 2.44 bits per heavy atom. The predicted molar refractivity (Wildman–Crippen MR) is 84.0 cm³/mol. The molecule has 0 atom stereocenters. The zero-order valence-electron chi connectivity index (χ0n) is 12.9. The quantitative estimate of drug-likeness (QED) is 0.518. The molecule has 0 saturated heterocycles. The Kier molecular flexibility index (Phi) is 4.48. The Balaban J connectivity index is 1.63. The van der Waals surface area contributed by atoms with Crippen LogP contribution in [-0.2, 0) is 6.42 Å². The Hall–Kier alpha value is -2.83. The fourth-order valence-corrected chi connectivity index (χ4v) is 2.50. The Morgan fingerprint density at radius 2 is 1.76 bits per heavy atom. The van der Waals surface area contributed by atoms with E-state index in [4.69, 9.17) is 0 Å². The lowest BCUT2D eigenvalue weighted by molar-refractivity contribution is -0.274. The lowest BCUT2D eigenvalue weighted by atomic mass is 10.1. The summed E-state index contributed by atoms with van der Waals surface area (Å²) in [6.07, 6.45) is -4.18. The molecule has 0 saturated carbocycles. The zero-order chi connectivity index (χ0) is 18.0. The Labute approximate surface area is 140 Å². The molecule has 0 amide bonds. The molecule has 0 aliphatic rings. The zero-order valence-corrected chi connectivity index (χ0v) is 12.9. The summed E-state index contributed by atoms with van der Waals surface area (Å²) in [5.74, 6) is -0.848. The van der Waals surface area contributed by atoms with E-state index in [0.29, 0.717) is 28.6 Å². The van der Waals surface area contributed by atoms with Crippen molar-refractivity contribution in [3.63, 3.8) is 0 Å². The number of Topliss-reactive ketones (excluding diaryl/α,β-unsaturated/α-hetero) is 1. The van der Waals surface area contributed by atoms with Gasteiger partial charge in [0, 0.05) is 17.3 Å². The first kappa shape index (κ1) is 17.0. The van der Waals surface area contributed by atoms with E-state index in [1.165, 1.54) is 36.4 Å². The minimum atomic E-state index is -4.73. The van der Waals surface area contributed by atoms with E-state index in [-0.39, 0.29) is 23.8 Å². The Bertz CT molecular complexity index is 898. The van der Waals surface area contributed by atoms with E-state index in [9.17, 15) is 22.4 Å². The van der Waals surface area contributed by atoms with Crippen LogP contribution in [-0.4, -0.2) is 17.1 Å². The van der Waals surface area contributed by atoms with Crippen LogP contribution in [0.4, 0.5) is 17.6 Å². The number of carbonyl (C=O) groups excluding carboxylic acids is 1. The van der Waals surface area contributed by atoms with Gasteiger partial charge >= 0.3 is 6.36 Å². The summed E-state index contributed by atoms with van der Waals surface area (Å²) in [5, 5.41) is 0.608. The van der Waals surface area contributed by atoms with E-state index in [1.54, 1.807) is 12.1 Å². The summed E-state index contributed by atoms with van der Waals surface area (Å²) < 4.78 is 53.3. The minimum Gasteiger partial charge on any atom is -0.406 e.